The van der Waals surface area contributed by atoms with E-state index in [1.165, 1.54) is 4.90 Å². The highest BCUT2D eigenvalue weighted by molar-refractivity contribution is 14.0. The Morgan fingerprint density at radius 3 is 2.48 bits per heavy atom. The molecule has 0 aromatic heterocycles. The van der Waals surface area contributed by atoms with Gasteiger partial charge >= 0.3 is 0 Å². The number of rotatable bonds is 11. The van der Waals surface area contributed by atoms with E-state index in [2.05, 4.69) is 10.3 Å². The molecule has 0 saturated carbocycles. The highest BCUT2D eigenvalue weighted by Crippen LogP contribution is 2.07. The summed E-state index contributed by atoms with van der Waals surface area (Å²) in [5.41, 5.74) is 0. The average molecular weight is 492 g/mol. The number of para-hydroxylation sites is 1. The van der Waals surface area contributed by atoms with Crippen molar-refractivity contribution < 1.29 is 14.3 Å². The second kappa shape index (κ2) is 15.5. The van der Waals surface area contributed by atoms with Crippen LogP contribution in [0.3, 0.4) is 0 Å². The molecule has 8 heteroatoms. The molecule has 27 heavy (non-hydrogen) atoms. The molecule has 1 rings (SSSR count). The Bertz CT molecular complexity index is 541. The first-order valence-corrected chi connectivity index (χ1v) is 8.99. The summed E-state index contributed by atoms with van der Waals surface area (Å²) in [6, 6.07) is 9.70. The van der Waals surface area contributed by atoms with Gasteiger partial charge in [-0.05, 0) is 25.5 Å². The molecule has 0 aliphatic rings. The molecule has 1 N–H and O–H groups in total. The second-order valence-electron chi connectivity index (χ2n) is 5.99. The van der Waals surface area contributed by atoms with E-state index in [1.807, 2.05) is 49.2 Å². The molecular weight excluding hydrogens is 459 g/mol. The number of carbonyl (C=O) groups excluding carboxylic acids is 1. The Kier molecular flexibility index (Phi) is 14.6. The number of halogens is 1. The normalized spacial score (nSPS) is 10.7. The van der Waals surface area contributed by atoms with Crippen molar-refractivity contribution >= 4 is 35.8 Å². The Morgan fingerprint density at radius 2 is 1.85 bits per heavy atom. The molecule has 7 nitrogen and oxygen atoms in total. The van der Waals surface area contributed by atoms with Crippen molar-refractivity contribution in [2.24, 2.45) is 4.99 Å². The standard InChI is InChI=1S/C19H32N4O3.HI/c1-5-25-14-9-12-20-19(21-16-18(24)22(2)3)23(4)13-15-26-17-10-7-6-8-11-17;/h6-8,10-11H,5,9,12-16H2,1-4H3,(H,20,21);1H. The van der Waals surface area contributed by atoms with Crippen LogP contribution in [0.1, 0.15) is 13.3 Å². The van der Waals surface area contributed by atoms with Gasteiger partial charge in [-0.15, -0.1) is 24.0 Å². The minimum Gasteiger partial charge on any atom is -0.492 e. The van der Waals surface area contributed by atoms with Crippen molar-refractivity contribution in [3.05, 3.63) is 30.3 Å². The molecule has 0 spiro atoms. The third kappa shape index (κ3) is 11.7. The smallest absolute Gasteiger partial charge is 0.243 e. The van der Waals surface area contributed by atoms with Gasteiger partial charge < -0.3 is 24.6 Å². The average Bonchev–Trinajstić information content (AvgIpc) is 2.64. The van der Waals surface area contributed by atoms with Gasteiger partial charge in [0.2, 0.25) is 5.91 Å². The molecule has 1 amide bonds. The fourth-order valence-corrected chi connectivity index (χ4v) is 2.04. The number of benzene rings is 1. The van der Waals surface area contributed by atoms with Crippen molar-refractivity contribution in [2.75, 3.05) is 60.6 Å². The summed E-state index contributed by atoms with van der Waals surface area (Å²) in [6.45, 7) is 5.44. The predicted molar refractivity (Wildman–Crippen MR) is 120 cm³/mol. The lowest BCUT2D eigenvalue weighted by molar-refractivity contribution is -0.127. The number of aliphatic imine (C=N–C) groups is 1. The van der Waals surface area contributed by atoms with Crippen LogP contribution < -0.4 is 10.1 Å². The Morgan fingerprint density at radius 1 is 1.15 bits per heavy atom. The Balaban J connectivity index is 0.00000676. The van der Waals surface area contributed by atoms with Crippen molar-refractivity contribution in [1.29, 1.82) is 0 Å². The van der Waals surface area contributed by atoms with Crippen molar-refractivity contribution in [3.8, 4) is 5.75 Å². The Hall–Kier alpha value is -1.55. The monoisotopic (exact) mass is 492 g/mol. The van der Waals surface area contributed by atoms with Crippen LogP contribution in [0, 0.1) is 0 Å². The van der Waals surface area contributed by atoms with E-state index in [4.69, 9.17) is 9.47 Å². The van der Waals surface area contributed by atoms with E-state index in [0.29, 0.717) is 25.7 Å². The number of hydrogen-bond donors (Lipinski definition) is 1. The number of amides is 1. The fourth-order valence-electron chi connectivity index (χ4n) is 2.04. The summed E-state index contributed by atoms with van der Waals surface area (Å²) in [5.74, 6) is 1.49. The zero-order chi connectivity index (χ0) is 19.2. The van der Waals surface area contributed by atoms with Crippen LogP contribution in [-0.2, 0) is 9.53 Å². The number of hydrogen-bond acceptors (Lipinski definition) is 4. The number of carbonyl (C=O) groups is 1. The first-order valence-electron chi connectivity index (χ1n) is 8.99. The number of nitrogens with one attached hydrogen (secondary N) is 1. The van der Waals surface area contributed by atoms with Gasteiger partial charge in [0.1, 0.15) is 18.9 Å². The van der Waals surface area contributed by atoms with Crippen molar-refractivity contribution in [1.82, 2.24) is 15.1 Å². The fraction of sp³-hybridized carbons (Fsp3) is 0.579. The zero-order valence-corrected chi connectivity index (χ0v) is 19.1. The maximum absolute atomic E-state index is 11.8. The molecule has 0 atom stereocenters. The molecule has 1 aromatic rings. The van der Waals surface area contributed by atoms with Gasteiger partial charge in [-0.2, -0.15) is 0 Å². The van der Waals surface area contributed by atoms with E-state index < -0.39 is 0 Å². The van der Waals surface area contributed by atoms with E-state index in [-0.39, 0.29) is 36.4 Å². The summed E-state index contributed by atoms with van der Waals surface area (Å²) < 4.78 is 11.1. The minimum atomic E-state index is -0.0347. The highest BCUT2D eigenvalue weighted by Gasteiger charge is 2.09. The number of guanidine groups is 1. The minimum absolute atomic E-state index is 0. The van der Waals surface area contributed by atoms with Gasteiger partial charge in [-0.1, -0.05) is 18.2 Å². The first kappa shape index (κ1) is 25.4. The molecule has 0 aliphatic carbocycles. The number of nitrogens with zero attached hydrogens (tertiary/aromatic N) is 3. The van der Waals surface area contributed by atoms with Crippen LogP contribution in [-0.4, -0.2) is 82.3 Å². The maximum Gasteiger partial charge on any atom is 0.243 e. The van der Waals surface area contributed by atoms with Crippen LogP contribution in [0.2, 0.25) is 0 Å². The lowest BCUT2D eigenvalue weighted by Crippen LogP contribution is -2.42. The summed E-state index contributed by atoms with van der Waals surface area (Å²) >= 11 is 0. The van der Waals surface area contributed by atoms with Crippen LogP contribution in [0.5, 0.6) is 5.75 Å². The van der Waals surface area contributed by atoms with E-state index in [1.54, 1.807) is 14.1 Å². The van der Waals surface area contributed by atoms with E-state index in [9.17, 15) is 4.79 Å². The lowest BCUT2D eigenvalue weighted by Gasteiger charge is -2.23. The lowest BCUT2D eigenvalue weighted by atomic mass is 10.3. The van der Waals surface area contributed by atoms with Gasteiger partial charge in [-0.25, -0.2) is 4.99 Å². The second-order valence-corrected chi connectivity index (χ2v) is 5.99. The topological polar surface area (TPSA) is 66.4 Å². The molecule has 0 fully saturated rings. The maximum atomic E-state index is 11.8. The predicted octanol–water partition coefficient (Wildman–Crippen LogP) is 2.08. The molecule has 0 saturated heterocycles. The number of ether oxygens (including phenoxy) is 2. The van der Waals surface area contributed by atoms with Gasteiger partial charge in [0, 0.05) is 40.9 Å². The third-order valence-corrected chi connectivity index (χ3v) is 3.62. The zero-order valence-electron chi connectivity index (χ0n) is 16.8. The third-order valence-electron chi connectivity index (χ3n) is 3.62. The van der Waals surface area contributed by atoms with E-state index >= 15 is 0 Å². The molecule has 154 valence electrons. The summed E-state index contributed by atoms with van der Waals surface area (Å²) in [5, 5.41) is 3.29. The molecule has 0 heterocycles. The summed E-state index contributed by atoms with van der Waals surface area (Å²) in [7, 11) is 5.39. The van der Waals surface area contributed by atoms with Gasteiger partial charge in [0.25, 0.3) is 0 Å². The van der Waals surface area contributed by atoms with Crippen LogP contribution in [0.4, 0.5) is 0 Å². The molecule has 0 aliphatic heterocycles. The van der Waals surface area contributed by atoms with Crippen LogP contribution in [0.25, 0.3) is 0 Å². The molecule has 0 radical (unpaired) electrons. The van der Waals surface area contributed by atoms with Gasteiger partial charge in [0.05, 0.1) is 6.54 Å². The number of likely N-dealkylation sites (N-methyl/N-ethyl adjacent to an activating group) is 2. The molecule has 1 aromatic carbocycles. The first-order chi connectivity index (χ1) is 12.5. The Labute approximate surface area is 180 Å². The van der Waals surface area contributed by atoms with Crippen LogP contribution >= 0.6 is 24.0 Å². The van der Waals surface area contributed by atoms with Gasteiger partial charge in [0.15, 0.2) is 5.96 Å². The SMILES string of the molecule is CCOCCCNC(=NCC(=O)N(C)C)N(C)CCOc1ccccc1.I. The molecule has 0 unspecified atom stereocenters. The quantitative estimate of drug-likeness (QED) is 0.222. The summed E-state index contributed by atoms with van der Waals surface area (Å²) in [6.07, 6.45) is 0.878. The van der Waals surface area contributed by atoms with Crippen molar-refractivity contribution in [2.45, 2.75) is 13.3 Å². The largest absolute Gasteiger partial charge is 0.492 e. The van der Waals surface area contributed by atoms with Crippen molar-refractivity contribution in [3.63, 3.8) is 0 Å². The molecule has 0 bridgehead atoms. The molecular formula is C19H33IN4O3. The highest BCUT2D eigenvalue weighted by atomic mass is 127. The van der Waals surface area contributed by atoms with E-state index in [0.717, 1.165) is 25.3 Å². The van der Waals surface area contributed by atoms with Crippen LogP contribution in [0.15, 0.2) is 35.3 Å². The summed E-state index contributed by atoms with van der Waals surface area (Å²) in [4.78, 5) is 19.7. The van der Waals surface area contributed by atoms with Gasteiger partial charge in [-0.3, -0.25) is 4.79 Å².